The second kappa shape index (κ2) is 4.96. The van der Waals surface area contributed by atoms with Crippen molar-refractivity contribution in [2.45, 2.75) is 32.2 Å². The number of halogens is 1. The highest BCUT2D eigenvalue weighted by Crippen LogP contribution is 2.40. The second-order valence-corrected chi connectivity index (χ2v) is 6.00. The van der Waals surface area contributed by atoms with Crippen LogP contribution in [0.3, 0.4) is 0 Å². The molecule has 1 saturated carbocycles. The lowest BCUT2D eigenvalue weighted by molar-refractivity contribution is -0.144. The van der Waals surface area contributed by atoms with Crippen molar-refractivity contribution in [3.05, 3.63) is 33.8 Å². The standard InChI is InChI=1S/C14H16BrNO3/c1-8-10(4-3-5-11(8)15)12(17)16-14(2,13(18)19)9-6-7-9/h3-5,9H,6-7H2,1-2H3,(H,16,17)(H,18,19)/t14-/m0/s1. The van der Waals surface area contributed by atoms with Gasteiger partial charge in [-0.05, 0) is 50.3 Å². The quantitative estimate of drug-likeness (QED) is 0.894. The predicted molar refractivity (Wildman–Crippen MR) is 75.1 cm³/mol. The molecule has 0 aliphatic heterocycles. The molecule has 0 saturated heterocycles. The molecular formula is C14H16BrNO3. The van der Waals surface area contributed by atoms with Crippen LogP contribution < -0.4 is 5.32 Å². The summed E-state index contributed by atoms with van der Waals surface area (Å²) in [6, 6.07) is 5.31. The molecule has 0 aromatic heterocycles. The molecule has 1 atom stereocenters. The van der Waals surface area contributed by atoms with E-state index in [-0.39, 0.29) is 11.8 Å². The Labute approximate surface area is 120 Å². The predicted octanol–water partition coefficient (Wildman–Crippen LogP) is 2.74. The average molecular weight is 326 g/mol. The van der Waals surface area contributed by atoms with E-state index >= 15 is 0 Å². The minimum absolute atomic E-state index is 0.0291. The normalized spacial score (nSPS) is 17.6. The van der Waals surface area contributed by atoms with E-state index in [1.54, 1.807) is 19.1 Å². The van der Waals surface area contributed by atoms with Crippen LogP contribution in [0.2, 0.25) is 0 Å². The van der Waals surface area contributed by atoms with Crippen LogP contribution in [0.15, 0.2) is 22.7 Å². The minimum Gasteiger partial charge on any atom is -0.480 e. The SMILES string of the molecule is Cc1c(Br)cccc1C(=O)N[C@](C)(C(=O)O)C1CC1. The molecule has 1 amide bonds. The van der Waals surface area contributed by atoms with E-state index in [4.69, 9.17) is 0 Å². The number of aliphatic carboxylic acids is 1. The first kappa shape index (κ1) is 14.1. The number of carboxylic acids is 1. The molecule has 1 aromatic rings. The summed E-state index contributed by atoms with van der Waals surface area (Å²) in [5.41, 5.74) is 0.136. The third-order valence-electron chi connectivity index (χ3n) is 3.72. The highest BCUT2D eigenvalue weighted by atomic mass is 79.9. The molecule has 0 spiro atoms. The van der Waals surface area contributed by atoms with Crippen molar-refractivity contribution in [2.24, 2.45) is 5.92 Å². The smallest absolute Gasteiger partial charge is 0.329 e. The van der Waals surface area contributed by atoms with Gasteiger partial charge >= 0.3 is 5.97 Å². The lowest BCUT2D eigenvalue weighted by Gasteiger charge is -2.26. The van der Waals surface area contributed by atoms with Gasteiger partial charge in [-0.1, -0.05) is 22.0 Å². The fraction of sp³-hybridized carbons (Fsp3) is 0.429. The van der Waals surface area contributed by atoms with E-state index in [1.165, 1.54) is 0 Å². The van der Waals surface area contributed by atoms with Gasteiger partial charge in [0, 0.05) is 10.0 Å². The number of amides is 1. The zero-order valence-electron chi connectivity index (χ0n) is 10.9. The Morgan fingerprint density at radius 2 is 2.05 bits per heavy atom. The molecule has 2 N–H and O–H groups in total. The molecule has 0 radical (unpaired) electrons. The summed E-state index contributed by atoms with van der Waals surface area (Å²) in [7, 11) is 0. The van der Waals surface area contributed by atoms with Gasteiger partial charge in [-0.3, -0.25) is 4.79 Å². The van der Waals surface area contributed by atoms with Crippen LogP contribution in [-0.2, 0) is 4.79 Å². The summed E-state index contributed by atoms with van der Waals surface area (Å²) in [5.74, 6) is -1.28. The first-order valence-corrected chi connectivity index (χ1v) is 6.96. The molecule has 0 bridgehead atoms. The van der Waals surface area contributed by atoms with Gasteiger partial charge in [0.15, 0.2) is 0 Å². The number of benzene rings is 1. The van der Waals surface area contributed by atoms with Crippen molar-refractivity contribution in [3.63, 3.8) is 0 Å². The molecule has 19 heavy (non-hydrogen) atoms. The Hall–Kier alpha value is -1.36. The third-order valence-corrected chi connectivity index (χ3v) is 4.58. The third kappa shape index (κ3) is 2.66. The number of nitrogens with one attached hydrogen (secondary N) is 1. The van der Waals surface area contributed by atoms with Gasteiger partial charge in [-0.25, -0.2) is 4.79 Å². The summed E-state index contributed by atoms with van der Waals surface area (Å²) in [6.45, 7) is 3.41. The first-order chi connectivity index (χ1) is 8.86. The lowest BCUT2D eigenvalue weighted by atomic mass is 9.95. The molecule has 102 valence electrons. The number of carboxylic acid groups (broad SMARTS) is 1. The fourth-order valence-corrected chi connectivity index (χ4v) is 2.51. The molecule has 5 heteroatoms. The molecule has 2 rings (SSSR count). The van der Waals surface area contributed by atoms with Gasteiger partial charge in [0.1, 0.15) is 5.54 Å². The van der Waals surface area contributed by atoms with E-state index in [0.29, 0.717) is 5.56 Å². The minimum atomic E-state index is -1.17. The maximum absolute atomic E-state index is 12.3. The Morgan fingerprint density at radius 1 is 1.42 bits per heavy atom. The molecule has 0 heterocycles. The average Bonchev–Trinajstić information content (AvgIpc) is 3.16. The summed E-state index contributed by atoms with van der Waals surface area (Å²) < 4.78 is 0.837. The van der Waals surface area contributed by atoms with Crippen molar-refractivity contribution in [1.29, 1.82) is 0 Å². The van der Waals surface area contributed by atoms with Crippen LogP contribution >= 0.6 is 15.9 Å². The van der Waals surface area contributed by atoms with E-state index in [2.05, 4.69) is 21.2 Å². The van der Waals surface area contributed by atoms with Crippen molar-refractivity contribution in [1.82, 2.24) is 5.32 Å². The Balaban J connectivity index is 2.25. The van der Waals surface area contributed by atoms with Gasteiger partial charge in [-0.2, -0.15) is 0 Å². The zero-order valence-corrected chi connectivity index (χ0v) is 12.5. The van der Waals surface area contributed by atoms with Crippen molar-refractivity contribution >= 4 is 27.8 Å². The molecule has 0 unspecified atom stereocenters. The molecular weight excluding hydrogens is 310 g/mol. The summed E-state index contributed by atoms with van der Waals surface area (Å²) >= 11 is 3.37. The summed E-state index contributed by atoms with van der Waals surface area (Å²) in [6.07, 6.45) is 1.70. The number of hydrogen-bond donors (Lipinski definition) is 2. The van der Waals surface area contributed by atoms with Crippen LogP contribution in [0, 0.1) is 12.8 Å². The molecule has 1 aliphatic rings. The van der Waals surface area contributed by atoms with Crippen molar-refractivity contribution in [2.75, 3.05) is 0 Å². The maximum atomic E-state index is 12.3. The molecule has 1 aromatic carbocycles. The Bertz CT molecular complexity index is 539. The van der Waals surface area contributed by atoms with Crippen molar-refractivity contribution in [3.8, 4) is 0 Å². The van der Waals surface area contributed by atoms with Crippen molar-refractivity contribution < 1.29 is 14.7 Å². The molecule has 1 fully saturated rings. The van der Waals surface area contributed by atoms with E-state index in [9.17, 15) is 14.7 Å². The number of carbonyl (C=O) groups excluding carboxylic acids is 1. The largest absolute Gasteiger partial charge is 0.480 e. The number of rotatable bonds is 4. The van der Waals surface area contributed by atoms with Gasteiger partial charge in [0.2, 0.25) is 0 Å². The summed E-state index contributed by atoms with van der Waals surface area (Å²) in [5, 5.41) is 12.0. The maximum Gasteiger partial charge on any atom is 0.329 e. The number of hydrogen-bond acceptors (Lipinski definition) is 2. The van der Waals surface area contributed by atoms with Crippen LogP contribution in [0.4, 0.5) is 0 Å². The fourth-order valence-electron chi connectivity index (χ4n) is 2.15. The summed E-state index contributed by atoms with van der Waals surface area (Å²) in [4.78, 5) is 23.7. The van der Waals surface area contributed by atoms with E-state index in [0.717, 1.165) is 22.9 Å². The molecule has 4 nitrogen and oxygen atoms in total. The highest BCUT2D eigenvalue weighted by molar-refractivity contribution is 9.10. The second-order valence-electron chi connectivity index (χ2n) is 5.15. The van der Waals surface area contributed by atoms with Crippen LogP contribution in [-0.4, -0.2) is 22.5 Å². The Morgan fingerprint density at radius 3 is 2.58 bits per heavy atom. The van der Waals surface area contributed by atoms with Gasteiger partial charge in [-0.15, -0.1) is 0 Å². The lowest BCUT2D eigenvalue weighted by Crippen LogP contribution is -2.54. The van der Waals surface area contributed by atoms with E-state index in [1.807, 2.05) is 13.0 Å². The Kier molecular flexibility index (Phi) is 3.67. The molecule has 1 aliphatic carbocycles. The zero-order chi connectivity index (χ0) is 14.2. The first-order valence-electron chi connectivity index (χ1n) is 6.17. The number of carbonyl (C=O) groups is 2. The van der Waals surface area contributed by atoms with Crippen LogP contribution in [0.5, 0.6) is 0 Å². The topological polar surface area (TPSA) is 66.4 Å². The van der Waals surface area contributed by atoms with E-state index < -0.39 is 11.5 Å². The monoisotopic (exact) mass is 325 g/mol. The van der Waals surface area contributed by atoms with Gasteiger partial charge in [0.05, 0.1) is 0 Å². The highest BCUT2D eigenvalue weighted by Gasteiger charge is 2.48. The van der Waals surface area contributed by atoms with Crippen LogP contribution in [0.1, 0.15) is 35.7 Å². The van der Waals surface area contributed by atoms with Gasteiger partial charge in [0.25, 0.3) is 5.91 Å². The van der Waals surface area contributed by atoms with Gasteiger partial charge < -0.3 is 10.4 Å². The van der Waals surface area contributed by atoms with Crippen LogP contribution in [0.25, 0.3) is 0 Å².